The molecule has 3 heteroatoms. The Morgan fingerprint density at radius 2 is 2.18 bits per heavy atom. The first-order chi connectivity index (χ1) is 8.36. The van der Waals surface area contributed by atoms with Crippen LogP contribution in [0.5, 0.6) is 0 Å². The molecule has 0 bridgehead atoms. The molecular weight excluding hydrogens is 212 g/mol. The van der Waals surface area contributed by atoms with Gasteiger partial charge < -0.3 is 5.32 Å². The number of carbonyl (C=O) groups is 1. The summed E-state index contributed by atoms with van der Waals surface area (Å²) in [4.78, 5) is 16.5. The van der Waals surface area contributed by atoms with E-state index in [0.29, 0.717) is 0 Å². The van der Waals surface area contributed by atoms with Crippen molar-refractivity contribution in [2.75, 3.05) is 6.54 Å². The molecule has 0 amide bonds. The smallest absolute Gasteiger partial charge is 0.181 e. The summed E-state index contributed by atoms with van der Waals surface area (Å²) >= 11 is 0. The third kappa shape index (κ3) is 1.83. The summed E-state index contributed by atoms with van der Waals surface area (Å²) in [6.45, 7) is 0.939. The van der Waals surface area contributed by atoms with Gasteiger partial charge in [0.2, 0.25) is 0 Å². The minimum atomic E-state index is -0.0254. The lowest BCUT2D eigenvalue weighted by Gasteiger charge is -2.10. The van der Waals surface area contributed by atoms with E-state index >= 15 is 0 Å². The summed E-state index contributed by atoms with van der Waals surface area (Å²) in [7, 11) is 0. The maximum atomic E-state index is 12.4. The van der Waals surface area contributed by atoms with Crippen molar-refractivity contribution in [2.45, 2.75) is 18.9 Å². The number of aromatic nitrogens is 1. The van der Waals surface area contributed by atoms with Gasteiger partial charge >= 0.3 is 0 Å². The number of hydrogen-bond acceptors (Lipinski definition) is 3. The van der Waals surface area contributed by atoms with E-state index in [1.807, 2.05) is 24.3 Å². The van der Waals surface area contributed by atoms with Crippen molar-refractivity contribution in [1.29, 1.82) is 0 Å². The highest BCUT2D eigenvalue weighted by Gasteiger charge is 2.24. The molecule has 1 aliphatic heterocycles. The van der Waals surface area contributed by atoms with Crippen molar-refractivity contribution < 1.29 is 4.79 Å². The maximum absolute atomic E-state index is 12.4. The fourth-order valence-electron chi connectivity index (χ4n) is 2.41. The van der Waals surface area contributed by atoms with E-state index in [1.54, 1.807) is 12.4 Å². The molecule has 2 aromatic rings. The average molecular weight is 226 g/mol. The van der Waals surface area contributed by atoms with Gasteiger partial charge in [0.25, 0.3) is 0 Å². The summed E-state index contributed by atoms with van der Waals surface area (Å²) in [5, 5.41) is 5.27. The molecule has 3 rings (SSSR count). The molecule has 1 saturated heterocycles. The Morgan fingerprint density at radius 3 is 3.00 bits per heavy atom. The standard InChI is InChI=1S/C14H14N2O/c17-14(13-6-3-7-16-13)12-9-15-8-10-4-1-2-5-11(10)12/h1-2,4-5,8-9,13,16H,3,6-7H2. The second-order valence-corrected chi connectivity index (χ2v) is 4.42. The number of nitrogens with zero attached hydrogens (tertiary/aromatic N) is 1. The first kappa shape index (κ1) is 10.4. The van der Waals surface area contributed by atoms with Gasteiger partial charge in [-0.1, -0.05) is 24.3 Å². The number of carbonyl (C=O) groups excluding carboxylic acids is 1. The SMILES string of the molecule is O=C(c1cncc2ccccc12)C1CCCN1. The number of nitrogens with one attached hydrogen (secondary N) is 1. The van der Waals surface area contributed by atoms with Gasteiger partial charge in [0.15, 0.2) is 5.78 Å². The third-order valence-corrected chi connectivity index (χ3v) is 3.31. The maximum Gasteiger partial charge on any atom is 0.181 e. The summed E-state index contributed by atoms with van der Waals surface area (Å²) in [5.74, 6) is 0.173. The molecule has 0 spiro atoms. The second kappa shape index (κ2) is 4.26. The van der Waals surface area contributed by atoms with Crippen LogP contribution in [0.4, 0.5) is 0 Å². The highest BCUT2D eigenvalue weighted by Crippen LogP contribution is 2.20. The first-order valence-corrected chi connectivity index (χ1v) is 5.96. The molecule has 3 nitrogen and oxygen atoms in total. The molecule has 1 aromatic carbocycles. The fraction of sp³-hybridized carbons (Fsp3) is 0.286. The molecule has 1 aromatic heterocycles. The lowest BCUT2D eigenvalue weighted by atomic mass is 9.99. The highest BCUT2D eigenvalue weighted by atomic mass is 16.1. The molecule has 1 N–H and O–H groups in total. The van der Waals surface area contributed by atoms with Crippen LogP contribution >= 0.6 is 0 Å². The number of hydrogen-bond donors (Lipinski definition) is 1. The predicted molar refractivity (Wildman–Crippen MR) is 67.1 cm³/mol. The van der Waals surface area contributed by atoms with Crippen LogP contribution in [0.2, 0.25) is 0 Å². The minimum Gasteiger partial charge on any atom is -0.307 e. The van der Waals surface area contributed by atoms with E-state index in [0.717, 1.165) is 35.7 Å². The van der Waals surface area contributed by atoms with Crippen molar-refractivity contribution in [3.05, 3.63) is 42.2 Å². The zero-order chi connectivity index (χ0) is 11.7. The second-order valence-electron chi connectivity index (χ2n) is 4.42. The highest BCUT2D eigenvalue weighted by molar-refractivity contribution is 6.10. The zero-order valence-corrected chi connectivity index (χ0v) is 9.52. The molecule has 1 atom stereocenters. The molecule has 0 aliphatic carbocycles. The zero-order valence-electron chi connectivity index (χ0n) is 9.52. The largest absolute Gasteiger partial charge is 0.307 e. The lowest BCUT2D eigenvalue weighted by molar-refractivity contribution is 0.0953. The Kier molecular flexibility index (Phi) is 2.61. The van der Waals surface area contributed by atoms with Crippen LogP contribution in [0.1, 0.15) is 23.2 Å². The van der Waals surface area contributed by atoms with E-state index in [9.17, 15) is 4.79 Å². The monoisotopic (exact) mass is 226 g/mol. The van der Waals surface area contributed by atoms with Gasteiger partial charge in [-0.15, -0.1) is 0 Å². The summed E-state index contributed by atoms with van der Waals surface area (Å²) < 4.78 is 0. The van der Waals surface area contributed by atoms with Crippen LogP contribution in [-0.4, -0.2) is 23.4 Å². The van der Waals surface area contributed by atoms with E-state index in [4.69, 9.17) is 0 Å². The van der Waals surface area contributed by atoms with E-state index in [1.165, 1.54) is 0 Å². The van der Waals surface area contributed by atoms with Crippen LogP contribution < -0.4 is 5.32 Å². The number of pyridine rings is 1. The molecule has 1 unspecified atom stereocenters. The van der Waals surface area contributed by atoms with E-state index in [2.05, 4.69) is 10.3 Å². The van der Waals surface area contributed by atoms with Crippen LogP contribution in [0.25, 0.3) is 10.8 Å². The van der Waals surface area contributed by atoms with Gasteiger partial charge in [-0.2, -0.15) is 0 Å². The first-order valence-electron chi connectivity index (χ1n) is 5.96. The van der Waals surface area contributed by atoms with Crippen molar-refractivity contribution in [1.82, 2.24) is 10.3 Å². The molecule has 2 heterocycles. The Labute approximate surface area is 99.9 Å². The topological polar surface area (TPSA) is 42.0 Å². The molecule has 0 radical (unpaired) electrons. The van der Waals surface area contributed by atoms with Gasteiger partial charge in [-0.25, -0.2) is 0 Å². The quantitative estimate of drug-likeness (QED) is 0.798. The summed E-state index contributed by atoms with van der Waals surface area (Å²) in [6.07, 6.45) is 5.50. The van der Waals surface area contributed by atoms with E-state index in [-0.39, 0.29) is 11.8 Å². The summed E-state index contributed by atoms with van der Waals surface area (Å²) in [5.41, 5.74) is 0.738. The molecule has 0 saturated carbocycles. The molecule has 1 fully saturated rings. The van der Waals surface area contributed by atoms with Crippen molar-refractivity contribution >= 4 is 16.6 Å². The number of rotatable bonds is 2. The molecule has 86 valence electrons. The van der Waals surface area contributed by atoms with Crippen LogP contribution in [0.3, 0.4) is 0 Å². The van der Waals surface area contributed by atoms with Gasteiger partial charge in [0, 0.05) is 23.3 Å². The number of Topliss-reactive ketones (excluding diaryl/α,β-unsaturated/α-hetero) is 1. The fourth-order valence-corrected chi connectivity index (χ4v) is 2.41. The molecule has 1 aliphatic rings. The Balaban J connectivity index is 2.07. The van der Waals surface area contributed by atoms with Gasteiger partial charge in [-0.3, -0.25) is 9.78 Å². The lowest BCUT2D eigenvalue weighted by Crippen LogP contribution is -2.30. The predicted octanol–water partition coefficient (Wildman–Crippen LogP) is 2.17. The van der Waals surface area contributed by atoms with Gasteiger partial charge in [0.1, 0.15) is 0 Å². The Hall–Kier alpha value is -1.74. The Bertz CT molecular complexity index is 554. The third-order valence-electron chi connectivity index (χ3n) is 3.31. The van der Waals surface area contributed by atoms with Crippen LogP contribution in [-0.2, 0) is 0 Å². The van der Waals surface area contributed by atoms with Crippen molar-refractivity contribution in [3.63, 3.8) is 0 Å². The number of fused-ring (bicyclic) bond motifs is 1. The normalized spacial score (nSPS) is 19.6. The number of ketones is 1. The average Bonchev–Trinajstić information content (AvgIpc) is 2.91. The van der Waals surface area contributed by atoms with Gasteiger partial charge in [-0.05, 0) is 24.8 Å². The van der Waals surface area contributed by atoms with E-state index < -0.39 is 0 Å². The van der Waals surface area contributed by atoms with Gasteiger partial charge in [0.05, 0.1) is 6.04 Å². The molecule has 17 heavy (non-hydrogen) atoms. The van der Waals surface area contributed by atoms with Crippen LogP contribution in [0.15, 0.2) is 36.7 Å². The minimum absolute atomic E-state index is 0.0254. The van der Waals surface area contributed by atoms with Crippen molar-refractivity contribution in [2.24, 2.45) is 0 Å². The molecular formula is C14H14N2O. The van der Waals surface area contributed by atoms with Crippen molar-refractivity contribution in [3.8, 4) is 0 Å². The summed E-state index contributed by atoms with van der Waals surface area (Å²) in [6, 6.07) is 7.87. The Morgan fingerprint density at radius 1 is 1.29 bits per heavy atom. The number of benzene rings is 1. The van der Waals surface area contributed by atoms with Crippen LogP contribution in [0, 0.1) is 0 Å².